The summed E-state index contributed by atoms with van der Waals surface area (Å²) in [6.07, 6.45) is 3.99. The molecular formula is C17H21FN4O2. The number of benzene rings is 1. The van der Waals surface area contributed by atoms with Crippen LogP contribution in [0.5, 0.6) is 0 Å². The second kappa shape index (κ2) is 7.53. The fraction of sp³-hybridized carbons (Fsp3) is 0.471. The third kappa shape index (κ3) is 4.38. The lowest BCUT2D eigenvalue weighted by Gasteiger charge is -2.30. The highest BCUT2D eigenvalue weighted by Gasteiger charge is 2.25. The van der Waals surface area contributed by atoms with Gasteiger partial charge in [-0.3, -0.25) is 9.48 Å². The number of hydrogen-bond acceptors (Lipinski definition) is 4. The van der Waals surface area contributed by atoms with E-state index in [-0.39, 0.29) is 23.9 Å². The molecule has 1 aromatic heterocycles. The molecular weight excluding hydrogens is 311 g/mol. The van der Waals surface area contributed by atoms with Gasteiger partial charge in [0.2, 0.25) is 5.91 Å². The highest BCUT2D eigenvalue weighted by Crippen LogP contribution is 2.28. The van der Waals surface area contributed by atoms with Gasteiger partial charge in [0.15, 0.2) is 0 Å². The number of amides is 1. The number of hydrogen-bond donors (Lipinski definition) is 1. The molecule has 128 valence electrons. The molecule has 1 aliphatic heterocycles. The number of aromatic nitrogens is 3. The number of nitrogens with one attached hydrogen (secondary N) is 1. The van der Waals surface area contributed by atoms with Gasteiger partial charge in [-0.05, 0) is 30.5 Å². The average molecular weight is 332 g/mol. The average Bonchev–Trinajstić information content (AvgIpc) is 2.99. The summed E-state index contributed by atoms with van der Waals surface area (Å²) in [4.78, 5) is 12.1. The summed E-state index contributed by atoms with van der Waals surface area (Å²) in [5.74, 6) is -0.281. The second-order valence-corrected chi connectivity index (χ2v) is 6.09. The van der Waals surface area contributed by atoms with Crippen molar-refractivity contribution in [3.8, 4) is 0 Å². The maximum atomic E-state index is 13.4. The van der Waals surface area contributed by atoms with E-state index in [0.717, 1.165) is 17.7 Å². The third-order valence-electron chi connectivity index (χ3n) is 4.13. The summed E-state index contributed by atoms with van der Waals surface area (Å²) >= 11 is 0. The Labute approximate surface area is 140 Å². The minimum atomic E-state index is -0.272. The Kier molecular flexibility index (Phi) is 5.20. The summed E-state index contributed by atoms with van der Waals surface area (Å²) in [6.45, 7) is 0.552. The van der Waals surface area contributed by atoms with Gasteiger partial charge in [-0.1, -0.05) is 17.3 Å². The van der Waals surface area contributed by atoms with E-state index in [2.05, 4.69) is 15.6 Å². The molecule has 0 bridgehead atoms. The Balaban J connectivity index is 1.50. The summed E-state index contributed by atoms with van der Waals surface area (Å²) < 4.78 is 20.7. The van der Waals surface area contributed by atoms with Crippen LogP contribution in [0.2, 0.25) is 0 Å². The Hall–Kier alpha value is -2.28. The summed E-state index contributed by atoms with van der Waals surface area (Å²) in [5.41, 5.74) is 1.62. The smallest absolute Gasteiger partial charge is 0.220 e. The molecule has 24 heavy (non-hydrogen) atoms. The van der Waals surface area contributed by atoms with Crippen LogP contribution in [0.3, 0.4) is 0 Å². The van der Waals surface area contributed by atoms with E-state index in [1.54, 1.807) is 17.8 Å². The number of carbonyl (C=O) groups is 1. The molecule has 2 heterocycles. The predicted molar refractivity (Wildman–Crippen MR) is 85.6 cm³/mol. The number of halogens is 1. The van der Waals surface area contributed by atoms with Gasteiger partial charge >= 0.3 is 0 Å². The molecule has 1 amide bonds. The zero-order chi connectivity index (χ0) is 16.9. The quantitative estimate of drug-likeness (QED) is 0.908. The molecule has 2 unspecified atom stereocenters. The van der Waals surface area contributed by atoms with E-state index >= 15 is 0 Å². The first-order chi connectivity index (χ1) is 11.6. The van der Waals surface area contributed by atoms with Crippen LogP contribution in [-0.4, -0.2) is 33.5 Å². The highest BCUT2D eigenvalue weighted by atomic mass is 19.1. The molecule has 0 radical (unpaired) electrons. The standard InChI is InChI=1S/C17H21FN4O2/c1-22-11-15(20-21-22)5-6-17(23)19-14-7-8-24-16(10-14)12-3-2-4-13(18)9-12/h2-4,9,11,14,16H,5-8,10H2,1H3,(H,19,23). The maximum absolute atomic E-state index is 13.4. The molecule has 2 atom stereocenters. The van der Waals surface area contributed by atoms with E-state index in [0.29, 0.717) is 25.9 Å². The van der Waals surface area contributed by atoms with Gasteiger partial charge < -0.3 is 10.1 Å². The van der Waals surface area contributed by atoms with Crippen molar-refractivity contribution in [1.29, 1.82) is 0 Å². The van der Waals surface area contributed by atoms with Gasteiger partial charge in [-0.2, -0.15) is 0 Å². The van der Waals surface area contributed by atoms with Crippen LogP contribution >= 0.6 is 0 Å². The first-order valence-electron chi connectivity index (χ1n) is 8.12. The zero-order valence-corrected chi connectivity index (χ0v) is 13.6. The Morgan fingerprint density at radius 2 is 2.38 bits per heavy atom. The summed E-state index contributed by atoms with van der Waals surface area (Å²) in [7, 11) is 1.80. The summed E-state index contributed by atoms with van der Waals surface area (Å²) in [6, 6.07) is 6.48. The van der Waals surface area contributed by atoms with E-state index in [1.807, 2.05) is 12.3 Å². The SMILES string of the molecule is Cn1cc(CCC(=O)NC2CCOC(c3cccc(F)c3)C2)nn1. The minimum Gasteiger partial charge on any atom is -0.373 e. The molecule has 1 aromatic carbocycles. The van der Waals surface area contributed by atoms with Crippen LogP contribution in [0, 0.1) is 5.82 Å². The third-order valence-corrected chi connectivity index (χ3v) is 4.13. The molecule has 1 fully saturated rings. The van der Waals surface area contributed by atoms with Crippen molar-refractivity contribution in [1.82, 2.24) is 20.3 Å². The first kappa shape index (κ1) is 16.6. The van der Waals surface area contributed by atoms with Crippen molar-refractivity contribution >= 4 is 5.91 Å². The molecule has 0 aliphatic carbocycles. The van der Waals surface area contributed by atoms with Crippen LogP contribution < -0.4 is 5.32 Å². The monoisotopic (exact) mass is 332 g/mol. The molecule has 6 nitrogen and oxygen atoms in total. The number of aryl methyl sites for hydroxylation is 2. The predicted octanol–water partition coefficient (Wildman–Crippen LogP) is 1.92. The van der Waals surface area contributed by atoms with Crippen molar-refractivity contribution in [3.05, 3.63) is 47.5 Å². The lowest BCUT2D eigenvalue weighted by Crippen LogP contribution is -2.40. The molecule has 0 spiro atoms. The molecule has 0 saturated carbocycles. The normalized spacial score (nSPS) is 20.8. The van der Waals surface area contributed by atoms with Gasteiger partial charge in [0.25, 0.3) is 0 Å². The Bertz CT molecular complexity index is 703. The van der Waals surface area contributed by atoms with Crippen molar-refractivity contribution in [2.24, 2.45) is 7.05 Å². The molecule has 1 aliphatic rings. The largest absolute Gasteiger partial charge is 0.373 e. The van der Waals surface area contributed by atoms with Gasteiger partial charge in [-0.25, -0.2) is 4.39 Å². The fourth-order valence-corrected chi connectivity index (χ4v) is 2.92. The van der Waals surface area contributed by atoms with E-state index in [1.165, 1.54) is 12.1 Å². The molecule has 1 saturated heterocycles. The van der Waals surface area contributed by atoms with Crippen LogP contribution in [-0.2, 0) is 23.0 Å². The van der Waals surface area contributed by atoms with Crippen molar-refractivity contribution in [2.75, 3.05) is 6.61 Å². The Morgan fingerprint density at radius 1 is 1.50 bits per heavy atom. The highest BCUT2D eigenvalue weighted by molar-refractivity contribution is 5.76. The van der Waals surface area contributed by atoms with Crippen LogP contribution in [0.4, 0.5) is 4.39 Å². The van der Waals surface area contributed by atoms with E-state index < -0.39 is 0 Å². The number of rotatable bonds is 5. The lowest BCUT2D eigenvalue weighted by molar-refractivity contribution is -0.122. The van der Waals surface area contributed by atoms with Gasteiger partial charge in [-0.15, -0.1) is 5.10 Å². The van der Waals surface area contributed by atoms with Crippen molar-refractivity contribution in [3.63, 3.8) is 0 Å². The topological polar surface area (TPSA) is 69.0 Å². The van der Waals surface area contributed by atoms with Crippen LogP contribution in [0.25, 0.3) is 0 Å². The van der Waals surface area contributed by atoms with Crippen LogP contribution in [0.1, 0.15) is 36.6 Å². The van der Waals surface area contributed by atoms with Gasteiger partial charge in [0.1, 0.15) is 5.82 Å². The number of carbonyl (C=O) groups excluding carboxylic acids is 1. The zero-order valence-electron chi connectivity index (χ0n) is 13.6. The first-order valence-corrected chi connectivity index (χ1v) is 8.12. The van der Waals surface area contributed by atoms with Crippen molar-refractivity contribution in [2.45, 2.75) is 37.8 Å². The molecule has 1 N–H and O–H groups in total. The lowest BCUT2D eigenvalue weighted by atomic mass is 9.97. The second-order valence-electron chi connectivity index (χ2n) is 6.09. The molecule has 2 aromatic rings. The maximum Gasteiger partial charge on any atom is 0.220 e. The Morgan fingerprint density at radius 3 is 3.12 bits per heavy atom. The minimum absolute atomic E-state index is 0.00875. The molecule has 7 heteroatoms. The fourth-order valence-electron chi connectivity index (χ4n) is 2.92. The van der Waals surface area contributed by atoms with Crippen LogP contribution in [0.15, 0.2) is 30.5 Å². The number of ether oxygens (including phenoxy) is 1. The number of nitrogens with zero attached hydrogens (tertiary/aromatic N) is 3. The van der Waals surface area contributed by atoms with Crippen molar-refractivity contribution < 1.29 is 13.9 Å². The van der Waals surface area contributed by atoms with Gasteiger partial charge in [0, 0.05) is 38.7 Å². The van der Waals surface area contributed by atoms with E-state index in [9.17, 15) is 9.18 Å². The molecule has 3 rings (SSSR count). The van der Waals surface area contributed by atoms with Gasteiger partial charge in [0.05, 0.1) is 11.8 Å². The summed E-state index contributed by atoms with van der Waals surface area (Å²) in [5, 5.41) is 10.9. The van der Waals surface area contributed by atoms with E-state index in [4.69, 9.17) is 4.74 Å².